The van der Waals surface area contributed by atoms with Crippen LogP contribution in [0, 0.1) is 23.2 Å². The van der Waals surface area contributed by atoms with Gasteiger partial charge in [0.15, 0.2) is 0 Å². The van der Waals surface area contributed by atoms with Crippen LogP contribution in [0.25, 0.3) is 0 Å². The molecule has 1 heterocycles. The van der Waals surface area contributed by atoms with Gasteiger partial charge in [-0.1, -0.05) is 71.9 Å². The van der Waals surface area contributed by atoms with E-state index in [0.29, 0.717) is 63.1 Å². The molecular formula is C44H67N3O5. The molecule has 0 aromatic heterocycles. The first-order valence-electron chi connectivity index (χ1n) is 19.7. The first-order chi connectivity index (χ1) is 25.1. The molecular weight excluding hydrogens is 650 g/mol. The zero-order valence-corrected chi connectivity index (χ0v) is 32.3. The summed E-state index contributed by atoms with van der Waals surface area (Å²) in [6.45, 7) is 10.7. The van der Waals surface area contributed by atoms with Crippen molar-refractivity contribution in [1.82, 2.24) is 16.0 Å². The molecule has 2 fully saturated rings. The molecule has 3 aliphatic rings. The number of benzene rings is 1. The Kier molecular flexibility index (Phi) is 16.3. The first-order valence-corrected chi connectivity index (χ1v) is 19.7. The predicted molar refractivity (Wildman–Crippen MR) is 212 cm³/mol. The Labute approximate surface area is 313 Å². The van der Waals surface area contributed by atoms with Crippen LogP contribution in [-0.4, -0.2) is 91.4 Å². The van der Waals surface area contributed by atoms with Crippen molar-refractivity contribution in [2.24, 2.45) is 23.2 Å². The molecule has 8 nitrogen and oxygen atoms in total. The van der Waals surface area contributed by atoms with Gasteiger partial charge in [-0.25, -0.2) is 0 Å². The highest BCUT2D eigenvalue weighted by molar-refractivity contribution is 5.74. The molecule has 2 saturated carbocycles. The van der Waals surface area contributed by atoms with Crippen LogP contribution in [0.3, 0.4) is 0 Å². The number of aldehydes is 1. The molecule has 7 N–H and O–H groups in total. The van der Waals surface area contributed by atoms with Crippen molar-refractivity contribution >= 4 is 6.29 Å². The van der Waals surface area contributed by atoms with Crippen LogP contribution >= 0.6 is 0 Å². The maximum absolute atomic E-state index is 12.5. The van der Waals surface area contributed by atoms with Crippen LogP contribution in [0.5, 0.6) is 0 Å². The van der Waals surface area contributed by atoms with Crippen LogP contribution in [0.2, 0.25) is 0 Å². The molecule has 2 aliphatic carbocycles. The van der Waals surface area contributed by atoms with Gasteiger partial charge in [0.2, 0.25) is 0 Å². The second-order valence-electron chi connectivity index (χ2n) is 15.8. The Morgan fingerprint density at radius 1 is 1.10 bits per heavy atom. The normalized spacial score (nSPS) is 32.3. The Morgan fingerprint density at radius 2 is 1.85 bits per heavy atom. The van der Waals surface area contributed by atoms with Gasteiger partial charge < -0.3 is 36.4 Å². The minimum atomic E-state index is -1.17. The summed E-state index contributed by atoms with van der Waals surface area (Å²) < 4.78 is 0. The lowest BCUT2D eigenvalue weighted by molar-refractivity contribution is -0.180. The van der Waals surface area contributed by atoms with Gasteiger partial charge in [-0.15, -0.1) is 0 Å². The number of rotatable bonds is 15. The van der Waals surface area contributed by atoms with Crippen molar-refractivity contribution in [2.45, 2.75) is 102 Å². The topological polar surface area (TPSA) is 134 Å². The molecule has 8 heteroatoms. The molecule has 0 radical (unpaired) electrons. The van der Waals surface area contributed by atoms with E-state index in [9.17, 15) is 25.2 Å². The van der Waals surface area contributed by atoms with E-state index in [1.54, 1.807) is 0 Å². The molecule has 1 aromatic rings. The third-order valence-corrected chi connectivity index (χ3v) is 12.5. The SMILES string of the molecule is C=C(/C=C/C=C(/CO)[C@@H]1CC[C@]2([C@@H]1O)[C@@H](CCCO)/C(=C(/C)C=O)CC[C@]2(O)CCNC)[C@@H]1C/C=C(\C)CN[C@@H](CCNC)Cc2cccc(c2)C1. The first kappa shape index (κ1) is 42.1. The Hall–Kier alpha value is -2.69. The summed E-state index contributed by atoms with van der Waals surface area (Å²) in [5.41, 5.74) is 5.28. The van der Waals surface area contributed by atoms with Crippen LogP contribution in [0.15, 0.2) is 83.0 Å². The number of hydrogen-bond acceptors (Lipinski definition) is 8. The molecule has 1 spiro atoms. The molecule has 0 unspecified atom stereocenters. The minimum absolute atomic E-state index is 0.00104. The number of hydrogen-bond donors (Lipinski definition) is 7. The molecule has 7 atom stereocenters. The summed E-state index contributed by atoms with van der Waals surface area (Å²) in [6.07, 6.45) is 15.8. The van der Waals surface area contributed by atoms with Crippen molar-refractivity contribution in [2.75, 3.05) is 46.9 Å². The van der Waals surface area contributed by atoms with Gasteiger partial charge in [-0.05, 0) is 146 Å². The molecule has 2 bridgehead atoms. The maximum Gasteiger partial charge on any atom is 0.145 e. The summed E-state index contributed by atoms with van der Waals surface area (Å²) in [5, 5.41) is 55.6. The number of aliphatic hydroxyl groups excluding tert-OH is 3. The Balaban J connectivity index is 1.60. The average Bonchev–Trinajstić information content (AvgIpc) is 3.49. The van der Waals surface area contributed by atoms with E-state index in [4.69, 9.17) is 0 Å². The predicted octanol–water partition coefficient (Wildman–Crippen LogP) is 5.13. The lowest BCUT2D eigenvalue weighted by Gasteiger charge is -2.57. The number of fused-ring (bicyclic) bond motifs is 2. The van der Waals surface area contributed by atoms with E-state index in [1.807, 2.05) is 39.2 Å². The van der Waals surface area contributed by atoms with Crippen LogP contribution < -0.4 is 16.0 Å². The molecule has 1 aliphatic heterocycles. The van der Waals surface area contributed by atoms with Crippen molar-refractivity contribution < 1.29 is 25.2 Å². The highest BCUT2D eigenvalue weighted by atomic mass is 16.3. The van der Waals surface area contributed by atoms with Gasteiger partial charge in [0.1, 0.15) is 6.29 Å². The van der Waals surface area contributed by atoms with Crippen molar-refractivity contribution in [3.05, 3.63) is 94.1 Å². The Morgan fingerprint density at radius 3 is 2.54 bits per heavy atom. The summed E-state index contributed by atoms with van der Waals surface area (Å²) in [6, 6.07) is 9.35. The fourth-order valence-corrected chi connectivity index (χ4v) is 9.54. The number of carbonyl (C=O) groups excluding carboxylic acids is 1. The zero-order valence-electron chi connectivity index (χ0n) is 32.3. The third-order valence-electron chi connectivity index (χ3n) is 12.5. The average molecular weight is 718 g/mol. The van der Waals surface area contributed by atoms with Crippen LogP contribution in [0.1, 0.15) is 82.8 Å². The number of aliphatic hydroxyl groups is 4. The van der Waals surface area contributed by atoms with E-state index >= 15 is 0 Å². The van der Waals surface area contributed by atoms with E-state index < -0.39 is 17.1 Å². The second kappa shape index (κ2) is 20.1. The summed E-state index contributed by atoms with van der Waals surface area (Å²) >= 11 is 0. The van der Waals surface area contributed by atoms with Crippen molar-refractivity contribution in [1.29, 1.82) is 0 Å². The highest BCUT2D eigenvalue weighted by Gasteiger charge is 2.65. The monoisotopic (exact) mass is 718 g/mol. The number of carbonyl (C=O) groups is 1. The third kappa shape index (κ3) is 9.89. The van der Waals surface area contributed by atoms with Gasteiger partial charge in [0, 0.05) is 30.5 Å². The lowest BCUT2D eigenvalue weighted by atomic mass is 9.51. The smallest absolute Gasteiger partial charge is 0.145 e. The highest BCUT2D eigenvalue weighted by Crippen LogP contribution is 2.63. The summed E-state index contributed by atoms with van der Waals surface area (Å²) in [7, 11) is 3.86. The van der Waals surface area contributed by atoms with Crippen molar-refractivity contribution in [3.63, 3.8) is 0 Å². The van der Waals surface area contributed by atoms with Crippen LogP contribution in [-0.2, 0) is 17.6 Å². The van der Waals surface area contributed by atoms with Gasteiger partial charge in [-0.2, -0.15) is 0 Å². The van der Waals surface area contributed by atoms with Gasteiger partial charge in [0.05, 0.1) is 18.3 Å². The van der Waals surface area contributed by atoms with Crippen molar-refractivity contribution in [3.8, 4) is 0 Å². The lowest BCUT2D eigenvalue weighted by Crippen LogP contribution is -2.61. The molecule has 1 aromatic carbocycles. The van der Waals surface area contributed by atoms with E-state index in [-0.39, 0.29) is 31.0 Å². The quantitative estimate of drug-likeness (QED) is 0.0575. The van der Waals surface area contributed by atoms with Gasteiger partial charge >= 0.3 is 0 Å². The summed E-state index contributed by atoms with van der Waals surface area (Å²) in [5.74, 6) is -0.396. The summed E-state index contributed by atoms with van der Waals surface area (Å²) in [4.78, 5) is 12.0. The molecule has 52 heavy (non-hydrogen) atoms. The second-order valence-corrected chi connectivity index (χ2v) is 15.8. The van der Waals surface area contributed by atoms with Crippen LogP contribution in [0.4, 0.5) is 0 Å². The van der Waals surface area contributed by atoms with Gasteiger partial charge in [0.25, 0.3) is 0 Å². The van der Waals surface area contributed by atoms with Gasteiger partial charge in [-0.3, -0.25) is 4.79 Å². The zero-order chi connectivity index (χ0) is 37.7. The minimum Gasteiger partial charge on any atom is -0.396 e. The maximum atomic E-state index is 12.5. The molecule has 0 amide bonds. The number of nitrogens with one attached hydrogen (secondary N) is 3. The molecule has 0 saturated heterocycles. The standard InChI is InChI=1S/C44H67N3O5/c1-31-14-15-36(26-34-10-7-11-35(25-34)27-38(47-28-31)18-22-45-4)32(2)9-6-12-37(30-50)40-17-20-44(42(40)51)41(13-8-24-48)39(33(3)29-49)16-19-43(44,52)21-23-46-5/h6-7,9-12,14,25,29,36,38,40-42,45-48,50-52H,2,8,13,15-24,26-28,30H2,1,3-5H3/b9-6+,31-14+,37-12-,39-33-/t36-,38+,40+,41+,42-,43+,44-/m1/s1. The van der Waals surface area contributed by atoms with E-state index in [0.717, 1.165) is 61.8 Å². The largest absolute Gasteiger partial charge is 0.396 e. The van der Waals surface area contributed by atoms with E-state index in [1.165, 1.54) is 16.7 Å². The Bertz CT molecular complexity index is 1470. The molecule has 4 rings (SSSR count). The molecule has 288 valence electrons. The van der Waals surface area contributed by atoms with E-state index in [2.05, 4.69) is 59.8 Å². The number of allylic oxidation sites excluding steroid dienone is 7. The fraction of sp³-hybridized carbons (Fsp3) is 0.614. The fourth-order valence-electron chi connectivity index (χ4n) is 9.54.